The zero-order valence-electron chi connectivity index (χ0n) is 11.2. The van der Waals surface area contributed by atoms with Crippen LogP contribution in [0.5, 0.6) is 0 Å². The van der Waals surface area contributed by atoms with Crippen molar-refractivity contribution in [1.82, 2.24) is 10.6 Å². The summed E-state index contributed by atoms with van der Waals surface area (Å²) >= 11 is 0. The SMILES string of the molecule is CC(C)(C)OC(=O)NCC1(C(=O)O)CCNCC1. The summed E-state index contributed by atoms with van der Waals surface area (Å²) in [7, 11) is 0. The second-order valence-electron chi connectivity index (χ2n) is 5.69. The zero-order valence-corrected chi connectivity index (χ0v) is 11.2. The minimum atomic E-state index is -0.873. The van der Waals surface area contributed by atoms with E-state index in [4.69, 9.17) is 4.74 Å². The molecule has 1 fully saturated rings. The fraction of sp³-hybridized carbons (Fsp3) is 0.833. The number of hydrogen-bond donors (Lipinski definition) is 3. The molecule has 0 atom stereocenters. The summed E-state index contributed by atoms with van der Waals surface area (Å²) in [5.41, 5.74) is -1.45. The largest absolute Gasteiger partial charge is 0.481 e. The van der Waals surface area contributed by atoms with Crippen molar-refractivity contribution in [2.45, 2.75) is 39.2 Å². The van der Waals surface area contributed by atoms with Crippen LogP contribution >= 0.6 is 0 Å². The molecule has 6 heteroatoms. The molecular weight excluding hydrogens is 236 g/mol. The van der Waals surface area contributed by atoms with Gasteiger partial charge < -0.3 is 20.5 Å². The number of carbonyl (C=O) groups excluding carboxylic acids is 1. The van der Waals surface area contributed by atoms with Gasteiger partial charge in [-0.05, 0) is 46.7 Å². The highest BCUT2D eigenvalue weighted by molar-refractivity contribution is 5.76. The van der Waals surface area contributed by atoms with Crippen LogP contribution in [0.15, 0.2) is 0 Å². The lowest BCUT2D eigenvalue weighted by Crippen LogP contribution is -2.49. The molecule has 0 aromatic rings. The Kier molecular flexibility index (Phi) is 4.56. The fourth-order valence-corrected chi connectivity index (χ4v) is 1.93. The van der Waals surface area contributed by atoms with Gasteiger partial charge >= 0.3 is 12.1 Å². The van der Waals surface area contributed by atoms with Gasteiger partial charge in [0.2, 0.25) is 0 Å². The van der Waals surface area contributed by atoms with Crippen LogP contribution in [0, 0.1) is 5.41 Å². The number of alkyl carbamates (subject to hydrolysis) is 1. The predicted octanol–water partition coefficient (Wildman–Crippen LogP) is 0.965. The third kappa shape index (κ3) is 4.18. The van der Waals surface area contributed by atoms with Gasteiger partial charge in [-0.15, -0.1) is 0 Å². The van der Waals surface area contributed by atoms with E-state index < -0.39 is 23.1 Å². The van der Waals surface area contributed by atoms with Crippen LogP contribution < -0.4 is 10.6 Å². The lowest BCUT2D eigenvalue weighted by molar-refractivity contribution is -0.150. The number of rotatable bonds is 3. The highest BCUT2D eigenvalue weighted by atomic mass is 16.6. The lowest BCUT2D eigenvalue weighted by Gasteiger charge is -2.33. The number of amides is 1. The Balaban J connectivity index is 2.53. The Morgan fingerprint density at radius 3 is 2.33 bits per heavy atom. The number of carboxylic acid groups (broad SMARTS) is 1. The molecule has 1 saturated heterocycles. The first-order valence-corrected chi connectivity index (χ1v) is 6.16. The first-order valence-electron chi connectivity index (χ1n) is 6.16. The smallest absolute Gasteiger partial charge is 0.407 e. The Hall–Kier alpha value is -1.30. The van der Waals surface area contributed by atoms with Gasteiger partial charge in [0.1, 0.15) is 5.60 Å². The van der Waals surface area contributed by atoms with Crippen LogP contribution in [0.3, 0.4) is 0 Å². The molecule has 1 aliphatic heterocycles. The van der Waals surface area contributed by atoms with E-state index >= 15 is 0 Å². The predicted molar refractivity (Wildman–Crippen MR) is 66.4 cm³/mol. The van der Waals surface area contributed by atoms with E-state index in [1.807, 2.05) is 0 Å². The Bertz CT molecular complexity index is 317. The fourth-order valence-electron chi connectivity index (χ4n) is 1.93. The first kappa shape index (κ1) is 14.8. The van der Waals surface area contributed by atoms with Crippen molar-refractivity contribution in [3.63, 3.8) is 0 Å². The van der Waals surface area contributed by atoms with E-state index in [2.05, 4.69) is 10.6 Å². The van der Waals surface area contributed by atoms with Crippen LogP contribution in [0.25, 0.3) is 0 Å². The Morgan fingerprint density at radius 1 is 1.33 bits per heavy atom. The highest BCUT2D eigenvalue weighted by Crippen LogP contribution is 2.28. The molecule has 1 rings (SSSR count). The number of aliphatic carboxylic acids is 1. The van der Waals surface area contributed by atoms with Crippen molar-refractivity contribution in [2.75, 3.05) is 19.6 Å². The van der Waals surface area contributed by atoms with Gasteiger partial charge in [-0.3, -0.25) is 4.79 Å². The van der Waals surface area contributed by atoms with E-state index in [9.17, 15) is 14.7 Å². The first-order chi connectivity index (χ1) is 8.25. The topological polar surface area (TPSA) is 87.7 Å². The van der Waals surface area contributed by atoms with Crippen LogP contribution in [0.2, 0.25) is 0 Å². The van der Waals surface area contributed by atoms with Crippen LogP contribution in [0.1, 0.15) is 33.6 Å². The normalized spacial score (nSPS) is 19.1. The second-order valence-corrected chi connectivity index (χ2v) is 5.69. The average molecular weight is 258 g/mol. The summed E-state index contributed by atoms with van der Waals surface area (Å²) in [4.78, 5) is 22.9. The Morgan fingerprint density at radius 2 is 1.89 bits per heavy atom. The maximum Gasteiger partial charge on any atom is 0.407 e. The van der Waals surface area contributed by atoms with Crippen LogP contribution in [-0.4, -0.2) is 42.4 Å². The molecule has 0 aromatic heterocycles. The molecule has 0 unspecified atom stereocenters. The van der Waals surface area contributed by atoms with E-state index in [-0.39, 0.29) is 6.54 Å². The number of carbonyl (C=O) groups is 2. The van der Waals surface area contributed by atoms with Gasteiger partial charge in [0.05, 0.1) is 5.41 Å². The highest BCUT2D eigenvalue weighted by Gasteiger charge is 2.40. The van der Waals surface area contributed by atoms with Crippen molar-refractivity contribution in [3.05, 3.63) is 0 Å². The van der Waals surface area contributed by atoms with E-state index in [1.54, 1.807) is 20.8 Å². The molecule has 1 aliphatic rings. The van der Waals surface area contributed by atoms with Gasteiger partial charge in [-0.1, -0.05) is 0 Å². The van der Waals surface area contributed by atoms with Crippen LogP contribution in [-0.2, 0) is 9.53 Å². The van der Waals surface area contributed by atoms with Gasteiger partial charge in [0.15, 0.2) is 0 Å². The molecule has 0 spiro atoms. The van der Waals surface area contributed by atoms with Gasteiger partial charge in [0.25, 0.3) is 0 Å². The van der Waals surface area contributed by atoms with Crippen molar-refractivity contribution in [1.29, 1.82) is 0 Å². The summed E-state index contributed by atoms with van der Waals surface area (Å²) in [6.45, 7) is 6.72. The summed E-state index contributed by atoms with van der Waals surface area (Å²) < 4.78 is 5.09. The number of piperidine rings is 1. The minimum absolute atomic E-state index is 0.110. The molecule has 0 aliphatic carbocycles. The molecule has 18 heavy (non-hydrogen) atoms. The second kappa shape index (κ2) is 5.56. The minimum Gasteiger partial charge on any atom is -0.481 e. The standard InChI is InChI=1S/C12H22N2O4/c1-11(2,3)18-10(17)14-8-12(9(15)16)4-6-13-7-5-12/h13H,4-8H2,1-3H3,(H,14,17)(H,15,16). The van der Waals surface area contributed by atoms with Crippen molar-refractivity contribution in [3.8, 4) is 0 Å². The third-order valence-corrected chi connectivity index (χ3v) is 2.98. The quantitative estimate of drug-likeness (QED) is 0.702. The maximum atomic E-state index is 11.5. The van der Waals surface area contributed by atoms with Gasteiger partial charge in [-0.25, -0.2) is 4.79 Å². The lowest BCUT2D eigenvalue weighted by atomic mass is 9.79. The summed E-state index contributed by atoms with van der Waals surface area (Å²) in [6, 6.07) is 0. The summed E-state index contributed by atoms with van der Waals surface area (Å²) in [5.74, 6) is -0.861. The van der Waals surface area contributed by atoms with Crippen LogP contribution in [0.4, 0.5) is 4.79 Å². The monoisotopic (exact) mass is 258 g/mol. The van der Waals surface area contributed by atoms with E-state index in [0.717, 1.165) is 0 Å². The maximum absolute atomic E-state index is 11.5. The number of carboxylic acids is 1. The number of nitrogens with one attached hydrogen (secondary N) is 2. The number of hydrogen-bond acceptors (Lipinski definition) is 4. The molecule has 0 saturated carbocycles. The third-order valence-electron chi connectivity index (χ3n) is 2.98. The molecule has 3 N–H and O–H groups in total. The molecule has 1 heterocycles. The molecular formula is C12H22N2O4. The molecule has 6 nitrogen and oxygen atoms in total. The molecule has 0 bridgehead atoms. The van der Waals surface area contributed by atoms with Gasteiger partial charge in [-0.2, -0.15) is 0 Å². The summed E-state index contributed by atoms with van der Waals surface area (Å²) in [5, 5.41) is 15.0. The Labute approximate surface area is 107 Å². The van der Waals surface area contributed by atoms with Crippen molar-refractivity contribution in [2.24, 2.45) is 5.41 Å². The van der Waals surface area contributed by atoms with E-state index in [1.165, 1.54) is 0 Å². The molecule has 0 aromatic carbocycles. The van der Waals surface area contributed by atoms with E-state index in [0.29, 0.717) is 25.9 Å². The summed E-state index contributed by atoms with van der Waals surface area (Å²) in [6.07, 6.45) is 0.456. The van der Waals surface area contributed by atoms with Crippen molar-refractivity contribution >= 4 is 12.1 Å². The van der Waals surface area contributed by atoms with Crippen molar-refractivity contribution < 1.29 is 19.4 Å². The number of ether oxygens (including phenoxy) is 1. The zero-order chi connectivity index (χ0) is 13.8. The van der Waals surface area contributed by atoms with Gasteiger partial charge in [0, 0.05) is 6.54 Å². The average Bonchev–Trinajstić information content (AvgIpc) is 2.25. The molecule has 104 valence electrons. The molecule has 1 amide bonds. The molecule has 0 radical (unpaired) electrons.